The van der Waals surface area contributed by atoms with E-state index in [-0.39, 0.29) is 5.69 Å². The number of aliphatic carboxylic acids is 1. The summed E-state index contributed by atoms with van der Waals surface area (Å²) in [6, 6.07) is 4.43. The van der Waals surface area contributed by atoms with Crippen LogP contribution in [0.25, 0.3) is 0 Å². The van der Waals surface area contributed by atoms with E-state index in [2.05, 4.69) is 10.1 Å². The van der Waals surface area contributed by atoms with E-state index in [4.69, 9.17) is 10.3 Å². The predicted octanol–water partition coefficient (Wildman–Crippen LogP) is 0.179. The molecule has 14 heavy (non-hydrogen) atoms. The Morgan fingerprint density at radius 2 is 2.07 bits per heavy atom. The summed E-state index contributed by atoms with van der Waals surface area (Å²) < 4.78 is 0. The molecule has 0 aliphatic carbocycles. The molecule has 1 aromatic heterocycles. The first kappa shape index (κ1) is 9.85. The van der Waals surface area contributed by atoms with Crippen LogP contribution in [-0.4, -0.2) is 32.8 Å². The van der Waals surface area contributed by atoms with Gasteiger partial charge in [0.1, 0.15) is 5.69 Å². The van der Waals surface area contributed by atoms with Gasteiger partial charge in [-0.1, -0.05) is 11.2 Å². The molecule has 72 valence electrons. The van der Waals surface area contributed by atoms with Crippen molar-refractivity contribution in [1.82, 2.24) is 4.98 Å². The van der Waals surface area contributed by atoms with Gasteiger partial charge in [-0.05, 0) is 12.1 Å². The highest BCUT2D eigenvalue weighted by atomic mass is 16.4. The minimum absolute atomic E-state index is 0.0808. The SMILES string of the molecule is O=C(O)/C(=N\O)C(=O)c1ccccn1. The van der Waals surface area contributed by atoms with Gasteiger partial charge in [-0.2, -0.15) is 0 Å². The van der Waals surface area contributed by atoms with Crippen LogP contribution in [0.15, 0.2) is 29.6 Å². The van der Waals surface area contributed by atoms with Gasteiger partial charge in [-0.15, -0.1) is 0 Å². The topological polar surface area (TPSA) is 99.9 Å². The van der Waals surface area contributed by atoms with E-state index in [1.165, 1.54) is 18.3 Å². The number of carbonyl (C=O) groups is 2. The molecule has 0 atom stereocenters. The second-order valence-corrected chi connectivity index (χ2v) is 2.30. The number of hydrogen-bond acceptors (Lipinski definition) is 5. The molecule has 0 radical (unpaired) electrons. The van der Waals surface area contributed by atoms with E-state index in [1.807, 2.05) is 0 Å². The smallest absolute Gasteiger partial charge is 0.362 e. The van der Waals surface area contributed by atoms with E-state index in [0.717, 1.165) is 0 Å². The zero-order valence-electron chi connectivity index (χ0n) is 6.91. The van der Waals surface area contributed by atoms with Gasteiger partial charge >= 0.3 is 5.97 Å². The van der Waals surface area contributed by atoms with Crippen LogP contribution in [-0.2, 0) is 4.79 Å². The minimum atomic E-state index is -1.59. The standard InChI is InChI=1S/C8H6N2O4/c11-7(6(10-14)8(12)13)5-3-1-2-4-9-5/h1-4,14H,(H,12,13)/b10-6-. The molecule has 0 aliphatic heterocycles. The van der Waals surface area contributed by atoms with Crippen LogP contribution in [0.1, 0.15) is 10.5 Å². The molecular formula is C8H6N2O4. The van der Waals surface area contributed by atoms with Crippen molar-refractivity contribution in [3.05, 3.63) is 30.1 Å². The maximum absolute atomic E-state index is 11.3. The summed E-state index contributed by atoms with van der Waals surface area (Å²) in [7, 11) is 0. The molecule has 6 heteroatoms. The van der Waals surface area contributed by atoms with E-state index < -0.39 is 17.5 Å². The average Bonchev–Trinajstić information content (AvgIpc) is 2.19. The van der Waals surface area contributed by atoms with Gasteiger partial charge in [0.05, 0.1) is 0 Å². The van der Waals surface area contributed by atoms with Crippen molar-refractivity contribution in [1.29, 1.82) is 0 Å². The normalized spacial score (nSPS) is 11.0. The summed E-state index contributed by atoms with van der Waals surface area (Å²) in [5.41, 5.74) is -1.04. The lowest BCUT2D eigenvalue weighted by molar-refractivity contribution is -0.129. The van der Waals surface area contributed by atoms with Crippen molar-refractivity contribution >= 4 is 17.5 Å². The first-order valence-electron chi connectivity index (χ1n) is 3.58. The fraction of sp³-hybridized carbons (Fsp3) is 0. The maximum Gasteiger partial charge on any atom is 0.362 e. The number of Topliss-reactive ketones (excluding diaryl/α,β-unsaturated/α-hetero) is 1. The summed E-state index contributed by atoms with van der Waals surface area (Å²) in [6.45, 7) is 0. The molecule has 6 nitrogen and oxygen atoms in total. The second-order valence-electron chi connectivity index (χ2n) is 2.30. The molecule has 0 saturated carbocycles. The van der Waals surface area contributed by atoms with Gasteiger partial charge in [-0.25, -0.2) is 4.79 Å². The van der Waals surface area contributed by atoms with Crippen molar-refractivity contribution in [3.63, 3.8) is 0 Å². The van der Waals surface area contributed by atoms with E-state index in [1.54, 1.807) is 6.07 Å². The molecule has 0 bridgehead atoms. The lowest BCUT2D eigenvalue weighted by atomic mass is 10.2. The van der Waals surface area contributed by atoms with Gasteiger partial charge in [0.25, 0.3) is 0 Å². The van der Waals surface area contributed by atoms with Gasteiger partial charge in [-0.3, -0.25) is 9.78 Å². The molecule has 1 heterocycles. The first-order chi connectivity index (χ1) is 6.66. The zero-order valence-corrected chi connectivity index (χ0v) is 6.91. The van der Waals surface area contributed by atoms with E-state index >= 15 is 0 Å². The molecule has 0 fully saturated rings. The fourth-order valence-corrected chi connectivity index (χ4v) is 0.804. The van der Waals surface area contributed by atoms with Crippen molar-refractivity contribution in [2.24, 2.45) is 5.16 Å². The summed E-state index contributed by atoms with van der Waals surface area (Å²) in [4.78, 5) is 25.3. The molecule has 1 aromatic rings. The lowest BCUT2D eigenvalue weighted by Crippen LogP contribution is -2.24. The molecule has 2 N–H and O–H groups in total. The van der Waals surface area contributed by atoms with Gasteiger partial charge < -0.3 is 10.3 Å². The molecule has 1 rings (SSSR count). The van der Waals surface area contributed by atoms with E-state index in [9.17, 15) is 9.59 Å². The Bertz CT molecular complexity index is 386. The van der Waals surface area contributed by atoms with Crippen LogP contribution in [0.2, 0.25) is 0 Å². The summed E-state index contributed by atoms with van der Waals surface area (Å²) >= 11 is 0. The minimum Gasteiger partial charge on any atom is -0.476 e. The van der Waals surface area contributed by atoms with Crippen molar-refractivity contribution in [2.75, 3.05) is 0 Å². The third kappa shape index (κ3) is 1.92. The monoisotopic (exact) mass is 194 g/mol. The van der Waals surface area contributed by atoms with Gasteiger partial charge in [0.2, 0.25) is 11.5 Å². The van der Waals surface area contributed by atoms with Crippen LogP contribution in [0.3, 0.4) is 0 Å². The molecular weight excluding hydrogens is 188 g/mol. The van der Waals surface area contributed by atoms with Crippen molar-refractivity contribution in [2.45, 2.75) is 0 Å². The van der Waals surface area contributed by atoms with Crippen LogP contribution < -0.4 is 0 Å². The van der Waals surface area contributed by atoms with Crippen molar-refractivity contribution in [3.8, 4) is 0 Å². The quantitative estimate of drug-likeness (QED) is 0.235. The van der Waals surface area contributed by atoms with E-state index in [0.29, 0.717) is 0 Å². The number of aromatic nitrogens is 1. The predicted molar refractivity (Wildman–Crippen MR) is 45.4 cm³/mol. The fourth-order valence-electron chi connectivity index (χ4n) is 0.804. The Morgan fingerprint density at radius 3 is 2.50 bits per heavy atom. The number of pyridine rings is 1. The van der Waals surface area contributed by atoms with Crippen LogP contribution in [0, 0.1) is 0 Å². The Balaban J connectivity index is 3.02. The number of carbonyl (C=O) groups excluding carboxylic acids is 1. The average molecular weight is 194 g/mol. The highest BCUT2D eigenvalue weighted by Crippen LogP contribution is 1.97. The van der Waals surface area contributed by atoms with Crippen LogP contribution >= 0.6 is 0 Å². The van der Waals surface area contributed by atoms with Gasteiger partial charge in [0.15, 0.2) is 0 Å². The van der Waals surface area contributed by atoms with Gasteiger partial charge in [0, 0.05) is 6.20 Å². The Hall–Kier alpha value is -2.24. The molecule has 0 aromatic carbocycles. The number of carboxylic acids is 1. The molecule has 0 spiro atoms. The summed E-state index contributed by atoms with van der Waals surface area (Å²) in [5, 5.41) is 19.1. The largest absolute Gasteiger partial charge is 0.476 e. The van der Waals surface area contributed by atoms with Crippen LogP contribution in [0.5, 0.6) is 0 Å². The number of oxime groups is 1. The lowest BCUT2D eigenvalue weighted by Gasteiger charge is -1.96. The van der Waals surface area contributed by atoms with Crippen LogP contribution in [0.4, 0.5) is 0 Å². The number of ketones is 1. The molecule has 0 saturated heterocycles. The third-order valence-electron chi connectivity index (χ3n) is 1.42. The highest BCUT2D eigenvalue weighted by molar-refractivity contribution is 6.66. The molecule has 0 amide bonds. The Morgan fingerprint density at radius 1 is 1.36 bits per heavy atom. The number of hydrogen-bond donors (Lipinski definition) is 2. The number of carboxylic acid groups (broad SMARTS) is 1. The molecule has 0 aliphatic rings. The first-order valence-corrected chi connectivity index (χ1v) is 3.58. The zero-order chi connectivity index (χ0) is 10.6. The second kappa shape index (κ2) is 4.13. The highest BCUT2D eigenvalue weighted by Gasteiger charge is 2.22. The summed E-state index contributed by atoms with van der Waals surface area (Å²) in [6.07, 6.45) is 1.34. The number of rotatable bonds is 3. The number of nitrogens with zero attached hydrogens (tertiary/aromatic N) is 2. The third-order valence-corrected chi connectivity index (χ3v) is 1.42. The maximum atomic E-state index is 11.3. The summed E-state index contributed by atoms with van der Waals surface area (Å²) in [5.74, 6) is -2.52. The Labute approximate surface area is 78.5 Å². The van der Waals surface area contributed by atoms with Crippen molar-refractivity contribution < 1.29 is 19.9 Å². The Kier molecular flexibility index (Phi) is 2.90. The molecule has 0 unspecified atom stereocenters.